The zero-order valence-corrected chi connectivity index (χ0v) is 20.5. The van der Waals surface area contributed by atoms with E-state index in [1.54, 1.807) is 0 Å². The molecule has 0 heterocycles. The number of hydrogen-bond donors (Lipinski definition) is 1. The zero-order chi connectivity index (χ0) is 22.3. The second-order valence-corrected chi connectivity index (χ2v) is 11.3. The van der Waals surface area contributed by atoms with E-state index in [0.29, 0.717) is 18.0 Å². The molecule has 2 aliphatic carbocycles. The van der Waals surface area contributed by atoms with E-state index in [1.807, 2.05) is 12.1 Å². The van der Waals surface area contributed by atoms with E-state index in [2.05, 4.69) is 33.8 Å². The average molecular weight is 431 g/mol. The number of benzene rings is 1. The molecule has 0 spiro atoms. The van der Waals surface area contributed by atoms with Crippen molar-refractivity contribution in [2.75, 3.05) is 0 Å². The molecule has 2 saturated carbocycles. The fourth-order valence-corrected chi connectivity index (χ4v) is 5.58. The van der Waals surface area contributed by atoms with Crippen molar-refractivity contribution >= 4 is 0 Å². The van der Waals surface area contributed by atoms with Crippen molar-refractivity contribution in [1.29, 1.82) is 0 Å². The Balaban J connectivity index is 1.68. The van der Waals surface area contributed by atoms with E-state index in [4.69, 9.17) is 9.47 Å². The van der Waals surface area contributed by atoms with E-state index in [9.17, 15) is 5.11 Å². The third-order valence-electron chi connectivity index (χ3n) is 7.04. The van der Waals surface area contributed by atoms with Gasteiger partial charge in [0.1, 0.15) is 5.75 Å². The molecular weight excluding hydrogens is 384 g/mol. The van der Waals surface area contributed by atoms with Crippen LogP contribution in [-0.2, 0) is 22.3 Å². The highest BCUT2D eigenvalue weighted by Crippen LogP contribution is 2.34. The highest BCUT2D eigenvalue weighted by atomic mass is 16.5. The molecule has 1 aromatic rings. The van der Waals surface area contributed by atoms with Gasteiger partial charge in [-0.3, -0.25) is 0 Å². The molecule has 0 aromatic heterocycles. The third-order valence-corrected chi connectivity index (χ3v) is 7.04. The first-order chi connectivity index (χ1) is 14.7. The van der Waals surface area contributed by atoms with Crippen molar-refractivity contribution in [3.8, 4) is 5.75 Å². The number of ether oxygens (including phenoxy) is 2. The predicted octanol–water partition coefficient (Wildman–Crippen LogP) is 7.51. The van der Waals surface area contributed by atoms with Gasteiger partial charge in [-0.25, -0.2) is 0 Å². The molecule has 0 saturated heterocycles. The van der Waals surface area contributed by atoms with E-state index in [1.165, 1.54) is 82.6 Å². The highest BCUT2D eigenvalue weighted by Gasteiger charge is 2.30. The third kappa shape index (κ3) is 8.09. The normalized spacial score (nSPS) is 20.4. The molecule has 0 unspecified atom stereocenters. The van der Waals surface area contributed by atoms with Gasteiger partial charge in [-0.2, -0.15) is 0 Å². The van der Waals surface area contributed by atoms with Crippen molar-refractivity contribution < 1.29 is 14.6 Å². The Bertz CT molecular complexity index is 663. The van der Waals surface area contributed by atoms with Crippen molar-refractivity contribution in [1.82, 2.24) is 0 Å². The van der Waals surface area contributed by atoms with Gasteiger partial charge in [0.25, 0.3) is 0 Å². The van der Waals surface area contributed by atoms with Gasteiger partial charge >= 0.3 is 0 Å². The first-order valence-corrected chi connectivity index (χ1v) is 12.9. The van der Waals surface area contributed by atoms with Crippen LogP contribution in [0.4, 0.5) is 0 Å². The second-order valence-electron chi connectivity index (χ2n) is 11.3. The number of phenolic OH excluding ortho intramolecular Hbond substituents is 1. The van der Waals surface area contributed by atoms with Crippen LogP contribution >= 0.6 is 0 Å². The SMILES string of the molecule is CC(C)(Cc1cccc(O)c1CC(C)(C)OC1CCCCCC1)OC1CCCCCC1. The van der Waals surface area contributed by atoms with Gasteiger partial charge in [-0.1, -0.05) is 63.5 Å². The standard InChI is InChI=1S/C28H46O3/c1-27(2,30-23-15-9-5-6-10-16-23)20-22-14-13-19-26(29)25(22)21-28(3,4)31-24-17-11-7-8-12-18-24/h13-14,19,23-24,29H,5-12,15-18,20-21H2,1-4H3. The maximum atomic E-state index is 10.8. The quantitative estimate of drug-likeness (QED) is 0.434. The number of phenols is 1. The number of hydrogen-bond acceptors (Lipinski definition) is 3. The average Bonchev–Trinajstić information content (AvgIpc) is 3.08. The summed E-state index contributed by atoms with van der Waals surface area (Å²) in [6.07, 6.45) is 17.4. The predicted molar refractivity (Wildman–Crippen MR) is 129 cm³/mol. The summed E-state index contributed by atoms with van der Waals surface area (Å²) in [4.78, 5) is 0. The summed E-state index contributed by atoms with van der Waals surface area (Å²) in [5.41, 5.74) is 1.67. The van der Waals surface area contributed by atoms with Crippen LogP contribution in [0.2, 0.25) is 0 Å². The highest BCUT2D eigenvalue weighted by molar-refractivity contribution is 5.41. The van der Waals surface area contributed by atoms with Gasteiger partial charge in [-0.15, -0.1) is 0 Å². The Labute approximate surface area is 190 Å². The molecule has 1 aromatic carbocycles. The van der Waals surface area contributed by atoms with Crippen LogP contribution in [-0.4, -0.2) is 28.5 Å². The monoisotopic (exact) mass is 430 g/mol. The van der Waals surface area contributed by atoms with Crippen LogP contribution in [0.15, 0.2) is 18.2 Å². The Morgan fingerprint density at radius 1 is 0.710 bits per heavy atom. The van der Waals surface area contributed by atoms with E-state index < -0.39 is 0 Å². The first kappa shape index (κ1) is 24.6. The molecule has 0 atom stereocenters. The molecule has 0 bridgehead atoms. The lowest BCUT2D eigenvalue weighted by molar-refractivity contribution is -0.0795. The molecule has 0 aliphatic heterocycles. The van der Waals surface area contributed by atoms with Gasteiger partial charge in [0.05, 0.1) is 23.4 Å². The molecular formula is C28H46O3. The van der Waals surface area contributed by atoms with Gasteiger partial charge in [0.2, 0.25) is 0 Å². The van der Waals surface area contributed by atoms with Crippen molar-refractivity contribution in [3.05, 3.63) is 29.3 Å². The van der Waals surface area contributed by atoms with Crippen molar-refractivity contribution in [2.45, 2.75) is 141 Å². The van der Waals surface area contributed by atoms with Crippen molar-refractivity contribution in [2.24, 2.45) is 0 Å². The Morgan fingerprint density at radius 2 is 1.16 bits per heavy atom. The van der Waals surface area contributed by atoms with Gasteiger partial charge in [-0.05, 0) is 70.6 Å². The molecule has 3 heteroatoms. The molecule has 3 nitrogen and oxygen atoms in total. The molecule has 0 radical (unpaired) electrons. The van der Waals surface area contributed by atoms with E-state index in [-0.39, 0.29) is 11.2 Å². The lowest BCUT2D eigenvalue weighted by Crippen LogP contribution is -2.35. The van der Waals surface area contributed by atoms with Crippen LogP contribution in [0.3, 0.4) is 0 Å². The summed E-state index contributed by atoms with van der Waals surface area (Å²) in [5, 5.41) is 10.8. The van der Waals surface area contributed by atoms with Crippen LogP contribution in [0, 0.1) is 0 Å². The molecule has 176 valence electrons. The summed E-state index contributed by atoms with van der Waals surface area (Å²) in [6, 6.07) is 5.95. The topological polar surface area (TPSA) is 38.7 Å². The smallest absolute Gasteiger partial charge is 0.119 e. The van der Waals surface area contributed by atoms with Gasteiger partial charge in [0.15, 0.2) is 0 Å². The maximum Gasteiger partial charge on any atom is 0.119 e. The fraction of sp³-hybridized carbons (Fsp3) is 0.786. The van der Waals surface area contributed by atoms with Crippen molar-refractivity contribution in [3.63, 3.8) is 0 Å². The van der Waals surface area contributed by atoms with Crippen LogP contribution in [0.1, 0.15) is 116 Å². The van der Waals surface area contributed by atoms with Crippen LogP contribution in [0.25, 0.3) is 0 Å². The maximum absolute atomic E-state index is 10.8. The largest absolute Gasteiger partial charge is 0.508 e. The van der Waals surface area contributed by atoms with E-state index in [0.717, 1.165) is 18.4 Å². The van der Waals surface area contributed by atoms with Gasteiger partial charge < -0.3 is 14.6 Å². The van der Waals surface area contributed by atoms with E-state index >= 15 is 0 Å². The zero-order valence-electron chi connectivity index (χ0n) is 20.5. The number of aromatic hydroxyl groups is 1. The molecule has 2 aliphatic rings. The molecule has 31 heavy (non-hydrogen) atoms. The Kier molecular flexibility index (Phi) is 8.87. The lowest BCUT2D eigenvalue weighted by atomic mass is 9.88. The molecule has 2 fully saturated rings. The van der Waals surface area contributed by atoms with Crippen LogP contribution in [0.5, 0.6) is 5.75 Å². The minimum atomic E-state index is -0.297. The Morgan fingerprint density at radius 3 is 1.65 bits per heavy atom. The molecule has 1 N–H and O–H groups in total. The minimum absolute atomic E-state index is 0.246. The van der Waals surface area contributed by atoms with Crippen LogP contribution < -0.4 is 0 Å². The summed E-state index contributed by atoms with van der Waals surface area (Å²) in [7, 11) is 0. The Hall–Kier alpha value is -1.06. The fourth-order valence-electron chi connectivity index (χ4n) is 5.58. The summed E-state index contributed by atoms with van der Waals surface area (Å²) < 4.78 is 13.2. The van der Waals surface area contributed by atoms with Gasteiger partial charge in [0, 0.05) is 12.8 Å². The molecule has 3 rings (SSSR count). The summed E-state index contributed by atoms with van der Waals surface area (Å²) in [5.74, 6) is 0.389. The first-order valence-electron chi connectivity index (χ1n) is 12.9. The minimum Gasteiger partial charge on any atom is -0.508 e. The lowest BCUT2D eigenvalue weighted by Gasteiger charge is -2.34. The summed E-state index contributed by atoms with van der Waals surface area (Å²) in [6.45, 7) is 8.78. The summed E-state index contributed by atoms with van der Waals surface area (Å²) >= 11 is 0. The second kappa shape index (κ2) is 11.2. The number of rotatable bonds is 8. The molecule has 0 amide bonds.